The summed E-state index contributed by atoms with van der Waals surface area (Å²) in [6, 6.07) is 0. The zero-order valence-electron chi connectivity index (χ0n) is 10.3. The van der Waals surface area contributed by atoms with E-state index >= 15 is 0 Å². The van der Waals surface area contributed by atoms with Crippen LogP contribution in [-0.4, -0.2) is 37.2 Å². The van der Waals surface area contributed by atoms with E-state index in [2.05, 4.69) is 0 Å². The third-order valence-electron chi connectivity index (χ3n) is 4.72. The summed E-state index contributed by atoms with van der Waals surface area (Å²) in [5.74, 6) is 0.0302. The lowest BCUT2D eigenvalue weighted by Crippen LogP contribution is -2.53. The van der Waals surface area contributed by atoms with Crippen molar-refractivity contribution in [1.29, 1.82) is 0 Å². The van der Waals surface area contributed by atoms with Gasteiger partial charge in [0.25, 0.3) is 0 Å². The molecule has 100 valence electrons. The Bertz CT molecular complexity index is 371. The van der Waals surface area contributed by atoms with Gasteiger partial charge in [0.15, 0.2) is 9.84 Å². The van der Waals surface area contributed by atoms with Crippen LogP contribution < -0.4 is 5.73 Å². The predicted molar refractivity (Wildman–Crippen MR) is 67.4 cm³/mol. The van der Waals surface area contributed by atoms with E-state index in [0.717, 1.165) is 25.7 Å². The molecule has 1 saturated carbocycles. The normalized spacial score (nSPS) is 36.6. The highest BCUT2D eigenvalue weighted by Crippen LogP contribution is 2.47. The molecule has 2 aliphatic rings. The SMILES string of the molecule is NCC1(C2(O)CCS(=O)(=O)C2)CCCCCC1. The molecule has 3 N–H and O–H groups in total. The Morgan fingerprint density at radius 2 is 1.65 bits per heavy atom. The summed E-state index contributed by atoms with van der Waals surface area (Å²) in [6.45, 7) is 0.402. The van der Waals surface area contributed by atoms with Crippen LogP contribution in [0.4, 0.5) is 0 Å². The molecule has 1 atom stereocenters. The van der Waals surface area contributed by atoms with Gasteiger partial charge in [-0.3, -0.25) is 0 Å². The van der Waals surface area contributed by atoms with Crippen molar-refractivity contribution in [3.8, 4) is 0 Å². The van der Waals surface area contributed by atoms with Gasteiger partial charge in [0, 0.05) is 12.0 Å². The minimum atomic E-state index is -3.07. The first-order valence-electron chi connectivity index (χ1n) is 6.56. The highest BCUT2D eigenvalue weighted by Gasteiger charge is 2.54. The molecule has 0 bridgehead atoms. The van der Waals surface area contributed by atoms with Crippen molar-refractivity contribution < 1.29 is 13.5 Å². The first-order chi connectivity index (χ1) is 7.93. The van der Waals surface area contributed by atoms with Gasteiger partial charge in [-0.2, -0.15) is 0 Å². The summed E-state index contributed by atoms with van der Waals surface area (Å²) in [5, 5.41) is 10.8. The lowest BCUT2D eigenvalue weighted by atomic mass is 9.66. The Labute approximate surface area is 104 Å². The number of hydrogen-bond acceptors (Lipinski definition) is 4. The number of nitrogens with two attached hydrogens (primary N) is 1. The molecule has 5 heteroatoms. The van der Waals surface area contributed by atoms with Crippen molar-refractivity contribution in [2.45, 2.75) is 50.5 Å². The fourth-order valence-electron chi connectivity index (χ4n) is 3.52. The van der Waals surface area contributed by atoms with Gasteiger partial charge in [0.05, 0.1) is 17.1 Å². The number of sulfone groups is 1. The molecule has 2 fully saturated rings. The summed E-state index contributed by atoms with van der Waals surface area (Å²) >= 11 is 0. The predicted octanol–water partition coefficient (Wildman–Crippen LogP) is 0.835. The molecule has 0 radical (unpaired) electrons. The van der Waals surface area contributed by atoms with Crippen molar-refractivity contribution in [3.63, 3.8) is 0 Å². The molecule has 1 heterocycles. The molecule has 0 amide bonds. The molecule has 2 rings (SSSR count). The third-order valence-corrected chi connectivity index (χ3v) is 6.47. The van der Waals surface area contributed by atoms with Crippen LogP contribution in [0.1, 0.15) is 44.9 Å². The van der Waals surface area contributed by atoms with Crippen molar-refractivity contribution in [1.82, 2.24) is 0 Å². The second kappa shape index (κ2) is 4.52. The van der Waals surface area contributed by atoms with E-state index in [9.17, 15) is 13.5 Å². The largest absolute Gasteiger partial charge is 0.388 e. The van der Waals surface area contributed by atoms with E-state index < -0.39 is 15.4 Å². The first kappa shape index (κ1) is 13.3. The summed E-state index contributed by atoms with van der Waals surface area (Å²) in [5.41, 5.74) is 4.46. The molecule has 1 saturated heterocycles. The van der Waals surface area contributed by atoms with Gasteiger partial charge in [-0.1, -0.05) is 25.7 Å². The molecule has 1 aliphatic carbocycles. The lowest BCUT2D eigenvalue weighted by molar-refractivity contribution is -0.0686. The maximum Gasteiger partial charge on any atom is 0.153 e. The van der Waals surface area contributed by atoms with Gasteiger partial charge in [0.2, 0.25) is 0 Å². The van der Waals surface area contributed by atoms with E-state index in [0.29, 0.717) is 13.0 Å². The molecule has 17 heavy (non-hydrogen) atoms. The van der Waals surface area contributed by atoms with E-state index in [1.165, 1.54) is 12.8 Å². The van der Waals surface area contributed by atoms with E-state index in [1.807, 2.05) is 0 Å². The fourth-order valence-corrected chi connectivity index (χ4v) is 5.49. The molecule has 0 spiro atoms. The van der Waals surface area contributed by atoms with E-state index in [4.69, 9.17) is 5.73 Å². The second-order valence-corrected chi connectivity index (χ2v) is 7.96. The summed E-state index contributed by atoms with van der Waals surface area (Å²) < 4.78 is 23.3. The standard InChI is InChI=1S/C12H23NO3S/c13-9-11(5-3-1-2-4-6-11)12(14)7-8-17(15,16)10-12/h14H,1-10,13H2. The van der Waals surface area contributed by atoms with Crippen molar-refractivity contribution >= 4 is 9.84 Å². The molecule has 4 nitrogen and oxygen atoms in total. The number of hydrogen-bond donors (Lipinski definition) is 2. The van der Waals surface area contributed by atoms with E-state index in [-0.39, 0.29) is 16.9 Å². The molecule has 0 aromatic carbocycles. The van der Waals surface area contributed by atoms with Crippen molar-refractivity contribution in [2.24, 2.45) is 11.1 Å². The Kier molecular flexibility index (Phi) is 3.54. The quantitative estimate of drug-likeness (QED) is 0.722. The van der Waals surface area contributed by atoms with Gasteiger partial charge in [-0.25, -0.2) is 8.42 Å². The zero-order chi connectivity index (χ0) is 12.6. The summed E-state index contributed by atoms with van der Waals surface area (Å²) in [6.07, 6.45) is 6.56. The van der Waals surface area contributed by atoms with E-state index in [1.54, 1.807) is 0 Å². The monoisotopic (exact) mass is 261 g/mol. The van der Waals surface area contributed by atoms with Crippen LogP contribution in [0.5, 0.6) is 0 Å². The van der Waals surface area contributed by atoms with Gasteiger partial charge >= 0.3 is 0 Å². The highest BCUT2D eigenvalue weighted by molar-refractivity contribution is 7.91. The average molecular weight is 261 g/mol. The topological polar surface area (TPSA) is 80.4 Å². The number of rotatable bonds is 2. The van der Waals surface area contributed by atoms with Crippen molar-refractivity contribution in [3.05, 3.63) is 0 Å². The van der Waals surface area contributed by atoms with Crippen LogP contribution in [0.25, 0.3) is 0 Å². The fraction of sp³-hybridized carbons (Fsp3) is 1.00. The molecular weight excluding hydrogens is 238 g/mol. The molecular formula is C12H23NO3S. The molecule has 0 aromatic heterocycles. The van der Waals surface area contributed by atoms with Gasteiger partial charge in [-0.15, -0.1) is 0 Å². The zero-order valence-corrected chi connectivity index (χ0v) is 11.1. The molecule has 0 aromatic rings. The Morgan fingerprint density at radius 1 is 1.06 bits per heavy atom. The first-order valence-corrected chi connectivity index (χ1v) is 8.38. The smallest absolute Gasteiger partial charge is 0.153 e. The minimum absolute atomic E-state index is 0.0861. The molecule has 1 aliphatic heterocycles. The van der Waals surface area contributed by atoms with Gasteiger partial charge in [-0.05, 0) is 19.3 Å². The maximum atomic E-state index is 11.6. The van der Waals surface area contributed by atoms with Crippen molar-refractivity contribution in [2.75, 3.05) is 18.1 Å². The molecule has 1 unspecified atom stereocenters. The van der Waals surface area contributed by atoms with Gasteiger partial charge in [0.1, 0.15) is 0 Å². The maximum absolute atomic E-state index is 11.6. The van der Waals surface area contributed by atoms with Crippen LogP contribution in [0.15, 0.2) is 0 Å². The lowest BCUT2D eigenvalue weighted by Gasteiger charge is -2.44. The Hall–Kier alpha value is -0.130. The Balaban J connectivity index is 2.27. The summed E-state index contributed by atoms with van der Waals surface area (Å²) in [7, 11) is -3.07. The number of aliphatic hydroxyl groups is 1. The van der Waals surface area contributed by atoms with Crippen LogP contribution in [-0.2, 0) is 9.84 Å². The second-order valence-electron chi connectivity index (χ2n) is 5.77. The van der Waals surface area contributed by atoms with Gasteiger partial charge < -0.3 is 10.8 Å². The average Bonchev–Trinajstić information content (AvgIpc) is 2.49. The highest BCUT2D eigenvalue weighted by atomic mass is 32.2. The minimum Gasteiger partial charge on any atom is -0.388 e. The van der Waals surface area contributed by atoms with Crippen LogP contribution >= 0.6 is 0 Å². The Morgan fingerprint density at radius 3 is 2.06 bits per heavy atom. The van der Waals surface area contributed by atoms with Crippen LogP contribution in [0.2, 0.25) is 0 Å². The van der Waals surface area contributed by atoms with Crippen LogP contribution in [0.3, 0.4) is 0 Å². The van der Waals surface area contributed by atoms with Crippen LogP contribution in [0, 0.1) is 5.41 Å². The summed E-state index contributed by atoms with van der Waals surface area (Å²) in [4.78, 5) is 0. The third kappa shape index (κ3) is 2.37.